The van der Waals surface area contributed by atoms with E-state index in [1.165, 1.54) is 0 Å². The second kappa shape index (κ2) is 4.35. The van der Waals surface area contributed by atoms with Gasteiger partial charge in [0.15, 0.2) is 0 Å². The molecule has 1 heterocycles. The smallest absolute Gasteiger partial charge is 0.358 e. The van der Waals surface area contributed by atoms with Gasteiger partial charge in [-0.3, -0.25) is 0 Å². The molecule has 9 heteroatoms. The van der Waals surface area contributed by atoms with Gasteiger partial charge in [-0.2, -0.15) is 13.2 Å². The average molecular weight is 303 g/mol. The molecule has 0 bridgehead atoms. The molecule has 0 N–H and O–H groups in total. The Morgan fingerprint density at radius 2 is 2.07 bits per heavy atom. The maximum atomic E-state index is 11.9. The number of pyridine rings is 1. The van der Waals surface area contributed by atoms with Crippen molar-refractivity contribution in [2.24, 2.45) is 0 Å². The lowest BCUT2D eigenvalue weighted by atomic mass is 10.5. The summed E-state index contributed by atoms with van der Waals surface area (Å²) in [6.07, 6.45) is 0. The lowest BCUT2D eigenvalue weighted by Gasteiger charge is -2.01. The number of hydrogen-bond donors (Lipinski definition) is 0. The Morgan fingerprint density at radius 1 is 1.47 bits per heavy atom. The number of aromatic nitrogens is 1. The summed E-state index contributed by atoms with van der Waals surface area (Å²) in [6.45, 7) is 0. The predicted molar refractivity (Wildman–Crippen MR) is 50.5 cm³/mol. The highest BCUT2D eigenvalue weighted by Gasteiger charge is 2.33. The fourth-order valence-corrected chi connectivity index (χ4v) is 1.86. The Hall–Kier alpha value is -0.830. The first kappa shape index (κ1) is 12.2. The van der Waals surface area contributed by atoms with Crippen LogP contribution in [0.2, 0.25) is 0 Å². The molecule has 82 valence electrons. The molecule has 0 saturated heterocycles. The van der Waals surface area contributed by atoms with Gasteiger partial charge in [0.05, 0.1) is 6.07 Å². The fraction of sp³-hybridized carbons (Fsp3) is 0.167. The third-order valence-corrected chi connectivity index (χ3v) is 2.27. The zero-order valence-corrected chi connectivity index (χ0v) is 9.19. The van der Waals surface area contributed by atoms with E-state index in [0.717, 1.165) is 12.1 Å². The molecule has 0 spiro atoms. The molecule has 0 aliphatic rings. The molecule has 1 aromatic heterocycles. The quantitative estimate of drug-likeness (QED) is 0.477. The summed E-state index contributed by atoms with van der Waals surface area (Å²) < 4.78 is 36.0. The van der Waals surface area contributed by atoms with Gasteiger partial charge >= 0.3 is 11.3 Å². The summed E-state index contributed by atoms with van der Waals surface area (Å²) in [6, 6.07) is 2.09. The lowest BCUT2D eigenvalue weighted by Crippen LogP contribution is -2.01. The molecule has 0 atom stereocenters. The van der Waals surface area contributed by atoms with Crippen LogP contribution in [0.5, 0.6) is 0 Å². The topological polar surface area (TPSA) is 56.0 Å². The van der Waals surface area contributed by atoms with Crippen molar-refractivity contribution in [1.29, 1.82) is 0 Å². The van der Waals surface area contributed by atoms with Gasteiger partial charge in [-0.1, -0.05) is 15.9 Å². The highest BCUT2D eigenvalue weighted by Crippen LogP contribution is 2.37. The summed E-state index contributed by atoms with van der Waals surface area (Å²) in [5, 5.41) is 9.83. The molecule has 4 nitrogen and oxygen atoms in total. The van der Waals surface area contributed by atoms with E-state index in [1.54, 1.807) is 0 Å². The van der Waals surface area contributed by atoms with E-state index in [1.807, 2.05) is 0 Å². The number of halogens is 4. The number of nitro groups is 1. The van der Waals surface area contributed by atoms with E-state index in [4.69, 9.17) is 0 Å². The van der Waals surface area contributed by atoms with Gasteiger partial charge in [0.25, 0.3) is 0 Å². The minimum absolute atomic E-state index is 0.177. The van der Waals surface area contributed by atoms with E-state index in [-0.39, 0.29) is 4.47 Å². The first-order chi connectivity index (χ1) is 6.78. The molecular formula is C6H2BrF3N2O2S. The highest BCUT2D eigenvalue weighted by molar-refractivity contribution is 9.10. The van der Waals surface area contributed by atoms with Crippen LogP contribution in [0.15, 0.2) is 21.6 Å². The molecule has 0 aliphatic carbocycles. The van der Waals surface area contributed by atoms with Gasteiger partial charge in [0.2, 0.25) is 5.03 Å². The van der Waals surface area contributed by atoms with E-state index in [0.29, 0.717) is 0 Å². The Bertz CT molecular complexity index is 398. The Labute approximate surface area is 94.2 Å². The van der Waals surface area contributed by atoms with Crippen LogP contribution >= 0.6 is 27.7 Å². The normalized spacial score (nSPS) is 11.5. The highest BCUT2D eigenvalue weighted by atomic mass is 79.9. The maximum Gasteiger partial charge on any atom is 0.449 e. The molecule has 1 aromatic rings. The minimum atomic E-state index is -4.51. The van der Waals surface area contributed by atoms with Crippen molar-refractivity contribution in [3.63, 3.8) is 0 Å². The first-order valence-corrected chi connectivity index (χ1v) is 4.96. The van der Waals surface area contributed by atoms with Crippen molar-refractivity contribution >= 4 is 33.5 Å². The van der Waals surface area contributed by atoms with E-state index in [9.17, 15) is 23.3 Å². The van der Waals surface area contributed by atoms with Crippen LogP contribution in [0.1, 0.15) is 0 Å². The molecule has 0 aliphatic heterocycles. The average Bonchev–Trinajstić information content (AvgIpc) is 1.99. The van der Waals surface area contributed by atoms with Crippen LogP contribution in [0.25, 0.3) is 0 Å². The standard InChI is InChI=1S/C6H2BrF3N2O2S/c7-3-1-4(12(13)14)11-5(2-3)15-6(8,9)10/h1-2H. The summed E-state index contributed by atoms with van der Waals surface area (Å²) in [5.41, 5.74) is -4.51. The van der Waals surface area contributed by atoms with Crippen molar-refractivity contribution in [3.8, 4) is 0 Å². The molecule has 0 radical (unpaired) electrons. The second-order valence-corrected chi connectivity index (χ2v) is 4.29. The van der Waals surface area contributed by atoms with Crippen LogP contribution < -0.4 is 0 Å². The number of thioether (sulfide) groups is 1. The zero-order valence-electron chi connectivity index (χ0n) is 6.79. The van der Waals surface area contributed by atoms with Crippen LogP contribution in [0.3, 0.4) is 0 Å². The third kappa shape index (κ3) is 4.04. The number of alkyl halides is 3. The van der Waals surface area contributed by atoms with Crippen LogP contribution in [0, 0.1) is 10.1 Å². The van der Waals surface area contributed by atoms with Crippen molar-refractivity contribution in [2.75, 3.05) is 0 Å². The van der Waals surface area contributed by atoms with Gasteiger partial charge in [-0.25, -0.2) is 0 Å². The third-order valence-electron chi connectivity index (χ3n) is 1.16. The minimum Gasteiger partial charge on any atom is -0.358 e. The lowest BCUT2D eigenvalue weighted by molar-refractivity contribution is -0.390. The molecule has 0 saturated carbocycles. The van der Waals surface area contributed by atoms with Gasteiger partial charge in [-0.15, -0.1) is 0 Å². The van der Waals surface area contributed by atoms with Gasteiger partial charge < -0.3 is 10.1 Å². The van der Waals surface area contributed by atoms with Crippen molar-refractivity contribution in [1.82, 2.24) is 4.98 Å². The molecule has 0 fully saturated rings. The summed E-state index contributed by atoms with van der Waals surface area (Å²) in [4.78, 5) is 12.7. The Balaban J connectivity index is 3.04. The number of hydrogen-bond acceptors (Lipinski definition) is 4. The fourth-order valence-electron chi connectivity index (χ4n) is 0.725. The van der Waals surface area contributed by atoms with Gasteiger partial charge in [-0.05, 0) is 9.91 Å². The van der Waals surface area contributed by atoms with Gasteiger partial charge in [0, 0.05) is 22.3 Å². The zero-order chi connectivity index (χ0) is 11.6. The van der Waals surface area contributed by atoms with E-state index in [2.05, 4.69) is 20.9 Å². The molecule has 15 heavy (non-hydrogen) atoms. The molecule has 0 unspecified atom stereocenters. The van der Waals surface area contributed by atoms with Crippen LogP contribution in [-0.2, 0) is 0 Å². The van der Waals surface area contributed by atoms with E-state index < -0.39 is 33.0 Å². The number of nitrogens with zero attached hydrogens (tertiary/aromatic N) is 2. The van der Waals surface area contributed by atoms with Gasteiger partial charge in [0.1, 0.15) is 0 Å². The summed E-state index contributed by atoms with van der Waals surface area (Å²) >= 11 is 2.36. The second-order valence-electron chi connectivity index (χ2n) is 2.29. The monoisotopic (exact) mass is 302 g/mol. The Kier molecular flexibility index (Phi) is 3.55. The largest absolute Gasteiger partial charge is 0.449 e. The maximum absolute atomic E-state index is 11.9. The molecule has 1 rings (SSSR count). The number of rotatable bonds is 2. The molecule has 0 amide bonds. The van der Waals surface area contributed by atoms with Crippen molar-refractivity contribution < 1.29 is 18.1 Å². The Morgan fingerprint density at radius 3 is 2.53 bits per heavy atom. The SMILES string of the molecule is O=[N+]([O-])c1cc(Br)cc(SC(F)(F)F)n1. The predicted octanol–water partition coefficient (Wildman–Crippen LogP) is 3.36. The summed E-state index contributed by atoms with van der Waals surface area (Å²) in [5.74, 6) is -0.629. The van der Waals surface area contributed by atoms with Crippen molar-refractivity contribution in [3.05, 3.63) is 26.7 Å². The molecular weight excluding hydrogens is 301 g/mol. The van der Waals surface area contributed by atoms with E-state index >= 15 is 0 Å². The first-order valence-electron chi connectivity index (χ1n) is 3.35. The van der Waals surface area contributed by atoms with Crippen molar-refractivity contribution in [2.45, 2.75) is 10.5 Å². The summed E-state index contributed by atoms with van der Waals surface area (Å²) in [7, 11) is 0. The van der Waals surface area contributed by atoms with Crippen LogP contribution in [-0.4, -0.2) is 15.4 Å². The van der Waals surface area contributed by atoms with Crippen LogP contribution in [0.4, 0.5) is 19.0 Å². The molecule has 0 aromatic carbocycles.